The normalized spacial score (nSPS) is 15.9. The molecule has 10 heteroatoms. The van der Waals surface area contributed by atoms with Gasteiger partial charge < -0.3 is 24.6 Å². The van der Waals surface area contributed by atoms with E-state index in [0.717, 1.165) is 68.3 Å². The third-order valence-corrected chi connectivity index (χ3v) is 7.79. The molecule has 228 valence electrons. The van der Waals surface area contributed by atoms with Crippen molar-refractivity contribution in [2.75, 3.05) is 31.2 Å². The van der Waals surface area contributed by atoms with Gasteiger partial charge in [0.15, 0.2) is 5.65 Å². The number of aromatic hydroxyl groups is 1. The Labute approximate surface area is 247 Å². The van der Waals surface area contributed by atoms with Gasteiger partial charge in [-0.05, 0) is 83.9 Å². The zero-order chi connectivity index (χ0) is 30.3. The average molecular weight is 583 g/mol. The number of aryl methyl sites for hydroxylation is 1. The molecule has 3 aromatic rings. The van der Waals surface area contributed by atoms with E-state index < -0.39 is 5.82 Å². The number of aliphatic hydroxyl groups excluding tert-OH is 1. The van der Waals surface area contributed by atoms with E-state index in [9.17, 15) is 19.4 Å². The van der Waals surface area contributed by atoms with Gasteiger partial charge in [0.1, 0.15) is 17.4 Å². The quantitative estimate of drug-likeness (QED) is 0.210. The number of hydrogen-bond acceptors (Lipinski definition) is 8. The van der Waals surface area contributed by atoms with Gasteiger partial charge in [-0.25, -0.2) is 9.37 Å². The van der Waals surface area contributed by atoms with Crippen molar-refractivity contribution in [1.82, 2.24) is 14.6 Å². The van der Waals surface area contributed by atoms with E-state index in [1.54, 1.807) is 17.5 Å². The van der Waals surface area contributed by atoms with Crippen LogP contribution in [0.5, 0.6) is 5.75 Å². The molecule has 2 aromatic heterocycles. The molecule has 1 aliphatic rings. The first-order valence-electron chi connectivity index (χ1n) is 14.8. The third-order valence-electron chi connectivity index (χ3n) is 7.79. The van der Waals surface area contributed by atoms with Gasteiger partial charge in [0.2, 0.25) is 0 Å². The minimum absolute atomic E-state index is 0.0846. The number of unbranched alkanes of at least 4 members (excludes halogenated alkanes) is 1. The number of ether oxygens (including phenoxy) is 2. The van der Waals surface area contributed by atoms with Crippen LogP contribution in [-0.2, 0) is 27.1 Å². The van der Waals surface area contributed by atoms with Crippen molar-refractivity contribution in [1.29, 1.82) is 0 Å². The van der Waals surface area contributed by atoms with E-state index in [-0.39, 0.29) is 29.8 Å². The number of fused-ring (bicyclic) bond motifs is 1. The summed E-state index contributed by atoms with van der Waals surface area (Å²) in [7, 11) is 0. The first kappa shape index (κ1) is 31.4. The highest BCUT2D eigenvalue weighted by Gasteiger charge is 2.33. The second-order valence-corrected chi connectivity index (χ2v) is 11.3. The van der Waals surface area contributed by atoms with Gasteiger partial charge in [-0.1, -0.05) is 12.1 Å². The summed E-state index contributed by atoms with van der Waals surface area (Å²) in [5, 5.41) is 24.3. The van der Waals surface area contributed by atoms with E-state index in [0.29, 0.717) is 36.5 Å². The van der Waals surface area contributed by atoms with Crippen LogP contribution < -0.4 is 4.90 Å². The summed E-state index contributed by atoms with van der Waals surface area (Å²) in [6, 6.07) is 5.87. The third kappa shape index (κ3) is 8.07. The number of carbonyl (C=O) groups excluding carboxylic acids is 1. The maximum Gasteiger partial charge on any atom is 0.310 e. The number of aliphatic hydroxyl groups is 1. The Morgan fingerprint density at radius 3 is 2.69 bits per heavy atom. The lowest BCUT2D eigenvalue weighted by atomic mass is 9.92. The highest BCUT2D eigenvalue weighted by atomic mass is 19.1. The number of anilines is 1. The molecule has 4 rings (SSSR count). The smallest absolute Gasteiger partial charge is 0.310 e. The lowest BCUT2D eigenvalue weighted by Gasteiger charge is -2.41. The van der Waals surface area contributed by atoms with Crippen molar-refractivity contribution in [2.45, 2.75) is 84.3 Å². The second-order valence-electron chi connectivity index (χ2n) is 11.3. The van der Waals surface area contributed by atoms with Crippen LogP contribution in [-0.4, -0.2) is 68.8 Å². The van der Waals surface area contributed by atoms with E-state index in [4.69, 9.17) is 19.6 Å². The van der Waals surface area contributed by atoms with Crippen LogP contribution in [0.25, 0.3) is 11.7 Å². The van der Waals surface area contributed by atoms with Crippen LogP contribution in [0.15, 0.2) is 30.3 Å². The first-order chi connectivity index (χ1) is 20.1. The first-order valence-corrected chi connectivity index (χ1v) is 14.8. The van der Waals surface area contributed by atoms with Crippen LogP contribution in [0.2, 0.25) is 0 Å². The molecule has 1 unspecified atom stereocenters. The summed E-state index contributed by atoms with van der Waals surface area (Å²) in [6.07, 6.45) is 8.22. The Hall–Kier alpha value is -3.50. The molecule has 9 nitrogen and oxygen atoms in total. The van der Waals surface area contributed by atoms with E-state index in [1.165, 1.54) is 6.07 Å². The number of esters is 1. The SMILES string of the molecule is CCOC(=O)Cc1c(C)nc2cc(/C=C/Cc3ccc(F)cc3O)nn2c1N1CCC(C)(OCCCCC(C)O)CC1. The summed E-state index contributed by atoms with van der Waals surface area (Å²) >= 11 is 0. The lowest BCUT2D eigenvalue weighted by Crippen LogP contribution is -2.45. The molecule has 0 saturated carbocycles. The number of phenolic OH excluding ortho intramolecular Hbond substituents is 1. The van der Waals surface area contributed by atoms with Gasteiger partial charge in [0.05, 0.1) is 30.4 Å². The lowest BCUT2D eigenvalue weighted by molar-refractivity contribution is -0.142. The Morgan fingerprint density at radius 1 is 1.24 bits per heavy atom. The number of piperidine rings is 1. The largest absolute Gasteiger partial charge is 0.508 e. The summed E-state index contributed by atoms with van der Waals surface area (Å²) in [4.78, 5) is 19.6. The summed E-state index contributed by atoms with van der Waals surface area (Å²) in [5.41, 5.74) is 3.26. The monoisotopic (exact) mass is 582 g/mol. The highest BCUT2D eigenvalue weighted by Crippen LogP contribution is 2.33. The molecule has 1 atom stereocenters. The van der Waals surface area contributed by atoms with E-state index in [1.807, 2.05) is 32.1 Å². The van der Waals surface area contributed by atoms with Crippen molar-refractivity contribution in [3.63, 3.8) is 0 Å². The van der Waals surface area contributed by atoms with Gasteiger partial charge in [-0.2, -0.15) is 9.61 Å². The highest BCUT2D eigenvalue weighted by molar-refractivity contribution is 5.76. The zero-order valence-corrected chi connectivity index (χ0v) is 25.1. The molecule has 3 heterocycles. The molecular weight excluding hydrogens is 539 g/mol. The Kier molecular flexibility index (Phi) is 10.6. The van der Waals surface area contributed by atoms with E-state index >= 15 is 0 Å². The van der Waals surface area contributed by atoms with Gasteiger partial charge in [-0.3, -0.25) is 4.79 Å². The van der Waals surface area contributed by atoms with Gasteiger partial charge in [0.25, 0.3) is 0 Å². The molecule has 0 spiro atoms. The van der Waals surface area contributed by atoms with Crippen molar-refractivity contribution in [2.24, 2.45) is 0 Å². The Bertz CT molecular complexity index is 1400. The molecular formula is C32H43FN4O5. The molecule has 1 aliphatic heterocycles. The minimum atomic E-state index is -0.481. The minimum Gasteiger partial charge on any atom is -0.508 e. The fourth-order valence-corrected chi connectivity index (χ4v) is 5.34. The fourth-order valence-electron chi connectivity index (χ4n) is 5.34. The number of hydrogen-bond donors (Lipinski definition) is 2. The maximum atomic E-state index is 13.3. The summed E-state index contributed by atoms with van der Waals surface area (Å²) in [6.45, 7) is 10.1. The number of halogens is 1. The van der Waals surface area contributed by atoms with Crippen molar-refractivity contribution in [3.05, 3.63) is 58.7 Å². The van der Waals surface area contributed by atoms with Crippen molar-refractivity contribution < 1.29 is 28.9 Å². The van der Waals surface area contributed by atoms with Crippen LogP contribution in [0.1, 0.15) is 75.4 Å². The van der Waals surface area contributed by atoms with Gasteiger partial charge >= 0.3 is 5.97 Å². The number of rotatable bonds is 13. The molecule has 2 N–H and O–H groups in total. The van der Waals surface area contributed by atoms with Crippen LogP contribution in [0.4, 0.5) is 10.2 Å². The van der Waals surface area contributed by atoms with Crippen molar-refractivity contribution >= 4 is 23.5 Å². The van der Waals surface area contributed by atoms with E-state index in [2.05, 4.69) is 11.8 Å². The number of carbonyl (C=O) groups is 1. The van der Waals surface area contributed by atoms with Gasteiger partial charge in [0, 0.05) is 43.1 Å². The fraction of sp³-hybridized carbons (Fsp3) is 0.531. The summed E-state index contributed by atoms with van der Waals surface area (Å²) in [5.74, 6) is -0.0405. The molecule has 1 fully saturated rings. The van der Waals surface area contributed by atoms with Gasteiger partial charge in [-0.15, -0.1) is 0 Å². The van der Waals surface area contributed by atoms with Crippen LogP contribution in [0, 0.1) is 12.7 Å². The van der Waals surface area contributed by atoms with Crippen LogP contribution >= 0.6 is 0 Å². The molecule has 1 aromatic carbocycles. The average Bonchev–Trinajstić information content (AvgIpc) is 3.33. The topological polar surface area (TPSA) is 109 Å². The molecule has 0 amide bonds. The number of aromatic nitrogens is 3. The Balaban J connectivity index is 1.56. The molecule has 42 heavy (non-hydrogen) atoms. The molecule has 0 aliphatic carbocycles. The van der Waals surface area contributed by atoms with Crippen molar-refractivity contribution in [3.8, 4) is 5.75 Å². The maximum absolute atomic E-state index is 13.3. The van der Waals surface area contributed by atoms with Crippen LogP contribution in [0.3, 0.4) is 0 Å². The molecule has 0 bridgehead atoms. The standard InChI is InChI=1S/C32H43FN4O5/c1-5-41-30(40)21-27-23(3)34-29-20-26(11-8-10-24-12-13-25(33)19-28(24)39)35-37(29)31(27)36-16-14-32(4,15-17-36)42-18-7-6-9-22(2)38/h8,11-13,19-20,22,38-39H,5-7,9-10,14-18,21H2,1-4H3/b11-8+. The number of phenols is 1. The number of allylic oxidation sites excluding steroid dienone is 1. The number of benzene rings is 1. The second kappa shape index (κ2) is 14.1. The molecule has 0 radical (unpaired) electrons. The predicted molar refractivity (Wildman–Crippen MR) is 160 cm³/mol. The Morgan fingerprint density at radius 2 is 2.00 bits per heavy atom. The zero-order valence-electron chi connectivity index (χ0n) is 25.1. The molecule has 1 saturated heterocycles. The summed E-state index contributed by atoms with van der Waals surface area (Å²) < 4.78 is 26.7. The predicted octanol–water partition coefficient (Wildman–Crippen LogP) is 5.17. The number of nitrogens with zero attached hydrogens (tertiary/aromatic N) is 4.